The van der Waals surface area contributed by atoms with Crippen LogP contribution in [0.2, 0.25) is 0 Å². The molecule has 1 aliphatic carbocycles. The highest BCUT2D eigenvalue weighted by atomic mass is 32.1. The number of hydrogen-bond acceptors (Lipinski definition) is 3. The van der Waals surface area contributed by atoms with Crippen LogP contribution in [0, 0.1) is 6.92 Å². The van der Waals surface area contributed by atoms with Gasteiger partial charge in [-0.2, -0.15) is 0 Å². The van der Waals surface area contributed by atoms with E-state index in [2.05, 4.69) is 12.2 Å². The lowest BCUT2D eigenvalue weighted by Crippen LogP contribution is -2.06. The Kier molecular flexibility index (Phi) is 3.19. The highest BCUT2D eigenvalue weighted by Crippen LogP contribution is 2.36. The molecule has 0 saturated heterocycles. The van der Waals surface area contributed by atoms with E-state index in [1.165, 1.54) is 41.3 Å². The first-order valence-corrected chi connectivity index (χ1v) is 6.23. The van der Waals surface area contributed by atoms with Gasteiger partial charge in [-0.05, 0) is 26.8 Å². The number of aryl methyl sites for hydroxylation is 1. The maximum atomic E-state index is 4.74. The van der Waals surface area contributed by atoms with Crippen molar-refractivity contribution in [2.45, 2.75) is 45.1 Å². The van der Waals surface area contributed by atoms with E-state index in [1.807, 2.05) is 18.4 Å². The summed E-state index contributed by atoms with van der Waals surface area (Å²) < 4.78 is 0. The van der Waals surface area contributed by atoms with Crippen molar-refractivity contribution in [1.82, 2.24) is 10.3 Å². The lowest BCUT2D eigenvalue weighted by Gasteiger charge is -2.02. The summed E-state index contributed by atoms with van der Waals surface area (Å²) in [6, 6.07) is 0. The van der Waals surface area contributed by atoms with E-state index in [0.29, 0.717) is 0 Å². The van der Waals surface area contributed by atoms with Crippen molar-refractivity contribution in [3.05, 3.63) is 15.6 Å². The molecule has 1 fully saturated rings. The lowest BCUT2D eigenvalue weighted by atomic mass is 10.1. The summed E-state index contributed by atoms with van der Waals surface area (Å²) in [5.74, 6) is 0.768. The summed E-state index contributed by atoms with van der Waals surface area (Å²) in [6.45, 7) is 3.10. The number of nitrogens with one attached hydrogen (secondary N) is 1. The minimum atomic E-state index is 0.768. The molecule has 0 spiro atoms. The van der Waals surface area contributed by atoms with Crippen molar-refractivity contribution in [3.8, 4) is 0 Å². The first kappa shape index (κ1) is 10.1. The molecule has 1 heterocycles. The van der Waals surface area contributed by atoms with E-state index in [-0.39, 0.29) is 0 Å². The maximum Gasteiger partial charge on any atom is 0.0962 e. The molecule has 1 N–H and O–H groups in total. The van der Waals surface area contributed by atoms with Crippen LogP contribution in [0.4, 0.5) is 0 Å². The molecule has 1 aliphatic rings. The van der Waals surface area contributed by atoms with Crippen molar-refractivity contribution in [2.24, 2.45) is 0 Å². The maximum absolute atomic E-state index is 4.74. The van der Waals surface area contributed by atoms with Gasteiger partial charge in [-0.25, -0.2) is 4.98 Å². The van der Waals surface area contributed by atoms with Gasteiger partial charge >= 0.3 is 0 Å². The zero-order valence-corrected chi connectivity index (χ0v) is 9.78. The molecule has 78 valence electrons. The van der Waals surface area contributed by atoms with Crippen LogP contribution in [0.1, 0.15) is 47.2 Å². The van der Waals surface area contributed by atoms with Gasteiger partial charge in [-0.1, -0.05) is 12.8 Å². The first-order valence-electron chi connectivity index (χ1n) is 5.42. The van der Waals surface area contributed by atoms with Crippen LogP contribution >= 0.6 is 11.3 Å². The molecule has 2 nitrogen and oxygen atoms in total. The average molecular weight is 210 g/mol. The van der Waals surface area contributed by atoms with Crippen molar-refractivity contribution < 1.29 is 0 Å². The predicted octanol–water partition coefficient (Wildman–Crippen LogP) is 2.83. The van der Waals surface area contributed by atoms with Crippen LogP contribution in [-0.4, -0.2) is 12.0 Å². The molecule has 1 aromatic heterocycles. The zero-order valence-electron chi connectivity index (χ0n) is 8.97. The van der Waals surface area contributed by atoms with Gasteiger partial charge in [0.2, 0.25) is 0 Å². The fourth-order valence-corrected chi connectivity index (χ4v) is 3.24. The SMILES string of the molecule is CNCc1nc(C2CCCC2)sc1C. The molecule has 0 unspecified atom stereocenters. The van der Waals surface area contributed by atoms with Crippen LogP contribution in [0.3, 0.4) is 0 Å². The minimum absolute atomic E-state index is 0.768. The molecule has 14 heavy (non-hydrogen) atoms. The van der Waals surface area contributed by atoms with Crippen LogP contribution in [0.25, 0.3) is 0 Å². The van der Waals surface area contributed by atoms with Crippen LogP contribution in [0.15, 0.2) is 0 Å². The Morgan fingerprint density at radius 1 is 1.43 bits per heavy atom. The normalized spacial score (nSPS) is 17.9. The zero-order chi connectivity index (χ0) is 9.97. The largest absolute Gasteiger partial charge is 0.314 e. The Morgan fingerprint density at radius 3 is 2.79 bits per heavy atom. The van der Waals surface area contributed by atoms with E-state index in [4.69, 9.17) is 4.98 Å². The highest BCUT2D eigenvalue weighted by Gasteiger charge is 2.21. The third-order valence-corrected chi connectivity index (χ3v) is 4.13. The fraction of sp³-hybridized carbons (Fsp3) is 0.727. The molecule has 3 heteroatoms. The second-order valence-electron chi connectivity index (χ2n) is 4.07. The molecule has 1 aromatic rings. The third-order valence-electron chi connectivity index (χ3n) is 2.96. The number of rotatable bonds is 3. The topological polar surface area (TPSA) is 24.9 Å². The standard InChI is InChI=1S/C11H18N2S/c1-8-10(7-12-2)13-11(14-8)9-5-3-4-6-9/h9,12H,3-7H2,1-2H3. The van der Waals surface area contributed by atoms with Gasteiger partial charge in [0.1, 0.15) is 0 Å². The summed E-state index contributed by atoms with van der Waals surface area (Å²) >= 11 is 1.90. The first-order chi connectivity index (χ1) is 6.81. The molecular formula is C11H18N2S. The van der Waals surface area contributed by atoms with Crippen molar-refractivity contribution in [2.75, 3.05) is 7.05 Å². The molecule has 1 saturated carbocycles. The molecule has 0 amide bonds. The number of thiazole rings is 1. The van der Waals surface area contributed by atoms with Gasteiger partial charge in [0.25, 0.3) is 0 Å². The smallest absolute Gasteiger partial charge is 0.0962 e. The van der Waals surface area contributed by atoms with Gasteiger partial charge in [0, 0.05) is 17.3 Å². The summed E-state index contributed by atoms with van der Waals surface area (Å²) in [7, 11) is 1.98. The van der Waals surface area contributed by atoms with Crippen molar-refractivity contribution in [1.29, 1.82) is 0 Å². The van der Waals surface area contributed by atoms with Gasteiger partial charge < -0.3 is 5.32 Å². The summed E-state index contributed by atoms with van der Waals surface area (Å²) in [5.41, 5.74) is 1.25. The van der Waals surface area contributed by atoms with Gasteiger partial charge in [-0.3, -0.25) is 0 Å². The monoisotopic (exact) mass is 210 g/mol. The molecule has 0 bridgehead atoms. The fourth-order valence-electron chi connectivity index (χ4n) is 2.13. The molecule has 0 radical (unpaired) electrons. The van der Waals surface area contributed by atoms with E-state index >= 15 is 0 Å². The molecule has 0 aromatic carbocycles. The lowest BCUT2D eigenvalue weighted by molar-refractivity contribution is 0.704. The quantitative estimate of drug-likeness (QED) is 0.830. The Hall–Kier alpha value is -0.410. The molecular weight excluding hydrogens is 192 g/mol. The van der Waals surface area contributed by atoms with E-state index in [1.54, 1.807) is 0 Å². The minimum Gasteiger partial charge on any atom is -0.314 e. The van der Waals surface area contributed by atoms with Crippen LogP contribution in [-0.2, 0) is 6.54 Å². The Bertz CT molecular complexity index is 300. The average Bonchev–Trinajstić information content (AvgIpc) is 2.76. The Balaban J connectivity index is 2.14. The van der Waals surface area contributed by atoms with Crippen molar-refractivity contribution in [3.63, 3.8) is 0 Å². The summed E-state index contributed by atoms with van der Waals surface area (Å²) in [6.07, 6.45) is 5.49. The van der Waals surface area contributed by atoms with E-state index in [9.17, 15) is 0 Å². The van der Waals surface area contributed by atoms with Crippen LogP contribution < -0.4 is 5.32 Å². The second-order valence-corrected chi connectivity index (χ2v) is 5.30. The second kappa shape index (κ2) is 4.41. The number of hydrogen-bond donors (Lipinski definition) is 1. The number of aromatic nitrogens is 1. The van der Waals surface area contributed by atoms with E-state index in [0.717, 1.165) is 12.5 Å². The van der Waals surface area contributed by atoms with Gasteiger partial charge in [0.15, 0.2) is 0 Å². The van der Waals surface area contributed by atoms with Crippen LogP contribution in [0.5, 0.6) is 0 Å². The Morgan fingerprint density at radius 2 is 2.14 bits per heavy atom. The molecule has 2 rings (SSSR count). The number of nitrogens with zero attached hydrogens (tertiary/aromatic N) is 1. The van der Waals surface area contributed by atoms with Gasteiger partial charge in [-0.15, -0.1) is 11.3 Å². The van der Waals surface area contributed by atoms with Gasteiger partial charge in [0.05, 0.1) is 10.7 Å². The summed E-state index contributed by atoms with van der Waals surface area (Å²) in [4.78, 5) is 6.13. The van der Waals surface area contributed by atoms with E-state index < -0.39 is 0 Å². The summed E-state index contributed by atoms with van der Waals surface area (Å²) in [5, 5.41) is 4.55. The highest BCUT2D eigenvalue weighted by molar-refractivity contribution is 7.11. The Labute approximate surface area is 89.8 Å². The molecule has 0 atom stereocenters. The third kappa shape index (κ3) is 1.98. The molecule has 0 aliphatic heterocycles. The predicted molar refractivity (Wildman–Crippen MR) is 60.8 cm³/mol. The van der Waals surface area contributed by atoms with Crippen molar-refractivity contribution >= 4 is 11.3 Å².